The van der Waals surface area contributed by atoms with Crippen molar-refractivity contribution in [1.29, 1.82) is 0 Å². The van der Waals surface area contributed by atoms with Gasteiger partial charge in [-0.05, 0) is 32.9 Å². The van der Waals surface area contributed by atoms with Gasteiger partial charge in [-0.15, -0.1) is 0 Å². The Bertz CT molecular complexity index is 188. The summed E-state index contributed by atoms with van der Waals surface area (Å²) in [5.41, 5.74) is 0. The van der Waals surface area contributed by atoms with Crippen LogP contribution in [0, 0.1) is 0 Å². The maximum Gasteiger partial charge on any atom is 0.0806 e. The highest BCUT2D eigenvalue weighted by atomic mass is 16.6. The van der Waals surface area contributed by atoms with Crippen molar-refractivity contribution in [2.75, 3.05) is 33.3 Å². The largest absolute Gasteiger partial charge is 0.303 e. The zero-order valence-electron chi connectivity index (χ0n) is 8.98. The van der Waals surface area contributed by atoms with Gasteiger partial charge in [-0.2, -0.15) is 0 Å². The Hall–Kier alpha value is -0.160. The first-order chi connectivity index (χ1) is 6.81. The van der Waals surface area contributed by atoms with Gasteiger partial charge in [-0.1, -0.05) is 0 Å². The van der Waals surface area contributed by atoms with Crippen LogP contribution in [0.1, 0.15) is 19.3 Å². The Labute approximate surface area is 85.9 Å². The standard InChI is InChI=1S/C10H21N3O/c1-12-9-2-3-10(12)8-13(5-4-9)6-7-14-11/h9-10H,2-8,11H2,1H3. The monoisotopic (exact) mass is 199 g/mol. The minimum Gasteiger partial charge on any atom is -0.303 e. The van der Waals surface area contributed by atoms with Crippen LogP contribution in [0.3, 0.4) is 0 Å². The number of rotatable bonds is 3. The molecule has 2 aliphatic rings. The Morgan fingerprint density at radius 2 is 2.07 bits per heavy atom. The van der Waals surface area contributed by atoms with Crippen molar-refractivity contribution in [2.45, 2.75) is 31.3 Å². The van der Waals surface area contributed by atoms with Crippen LogP contribution in [0.15, 0.2) is 0 Å². The first-order valence-corrected chi connectivity index (χ1v) is 5.57. The van der Waals surface area contributed by atoms with Gasteiger partial charge in [0.2, 0.25) is 0 Å². The van der Waals surface area contributed by atoms with E-state index < -0.39 is 0 Å². The lowest BCUT2D eigenvalue weighted by Gasteiger charge is -2.25. The van der Waals surface area contributed by atoms with Gasteiger partial charge in [0.15, 0.2) is 0 Å². The molecule has 0 radical (unpaired) electrons. The predicted molar refractivity (Wildman–Crippen MR) is 55.8 cm³/mol. The smallest absolute Gasteiger partial charge is 0.0806 e. The van der Waals surface area contributed by atoms with E-state index >= 15 is 0 Å². The van der Waals surface area contributed by atoms with Crippen LogP contribution in [-0.2, 0) is 4.84 Å². The Morgan fingerprint density at radius 3 is 2.86 bits per heavy atom. The van der Waals surface area contributed by atoms with Gasteiger partial charge in [0.25, 0.3) is 0 Å². The van der Waals surface area contributed by atoms with Crippen molar-refractivity contribution < 1.29 is 4.84 Å². The highest BCUT2D eigenvalue weighted by Gasteiger charge is 2.34. The van der Waals surface area contributed by atoms with Crippen molar-refractivity contribution in [3.05, 3.63) is 0 Å². The summed E-state index contributed by atoms with van der Waals surface area (Å²) in [7, 11) is 2.27. The maximum absolute atomic E-state index is 5.05. The molecule has 2 N–H and O–H groups in total. The third-order valence-corrected chi connectivity index (χ3v) is 3.76. The van der Waals surface area contributed by atoms with Crippen molar-refractivity contribution >= 4 is 0 Å². The second-order valence-electron chi connectivity index (χ2n) is 4.51. The molecular formula is C10H21N3O. The second kappa shape index (κ2) is 4.57. The van der Waals surface area contributed by atoms with Gasteiger partial charge in [0, 0.05) is 25.2 Å². The molecule has 0 aromatic heterocycles. The van der Waals surface area contributed by atoms with Crippen molar-refractivity contribution in [3.63, 3.8) is 0 Å². The molecule has 82 valence electrons. The van der Waals surface area contributed by atoms with Crippen LogP contribution < -0.4 is 5.90 Å². The van der Waals surface area contributed by atoms with Crippen molar-refractivity contribution in [2.24, 2.45) is 5.90 Å². The number of likely N-dealkylation sites (tertiary alicyclic amines) is 1. The number of likely N-dealkylation sites (N-methyl/N-ethyl adjacent to an activating group) is 1. The average molecular weight is 199 g/mol. The molecule has 2 unspecified atom stereocenters. The Balaban J connectivity index is 1.87. The summed E-state index contributed by atoms with van der Waals surface area (Å²) in [5.74, 6) is 5.05. The molecule has 2 rings (SSSR count). The van der Waals surface area contributed by atoms with E-state index in [1.807, 2.05) is 0 Å². The van der Waals surface area contributed by atoms with E-state index in [1.54, 1.807) is 0 Å². The summed E-state index contributed by atoms with van der Waals surface area (Å²) >= 11 is 0. The van der Waals surface area contributed by atoms with E-state index in [4.69, 9.17) is 5.90 Å². The highest BCUT2D eigenvalue weighted by molar-refractivity contribution is 4.90. The lowest BCUT2D eigenvalue weighted by molar-refractivity contribution is 0.101. The quantitative estimate of drug-likeness (QED) is 0.652. The average Bonchev–Trinajstić information content (AvgIpc) is 2.40. The fourth-order valence-electron chi connectivity index (χ4n) is 2.76. The van der Waals surface area contributed by atoms with Crippen molar-refractivity contribution in [3.8, 4) is 0 Å². The summed E-state index contributed by atoms with van der Waals surface area (Å²) in [6.45, 7) is 4.03. The maximum atomic E-state index is 5.05. The van der Waals surface area contributed by atoms with Gasteiger partial charge in [-0.25, -0.2) is 5.90 Å². The molecule has 0 amide bonds. The minimum atomic E-state index is 0.654. The lowest BCUT2D eigenvalue weighted by atomic mass is 10.1. The molecule has 0 saturated carbocycles. The molecule has 4 nitrogen and oxygen atoms in total. The molecule has 2 aliphatic heterocycles. The van der Waals surface area contributed by atoms with E-state index in [-0.39, 0.29) is 0 Å². The molecule has 0 aromatic carbocycles. The number of fused-ring (bicyclic) bond motifs is 2. The SMILES string of the molecule is CN1C2CCC1CN(CCON)CC2. The van der Waals surface area contributed by atoms with Gasteiger partial charge in [0.1, 0.15) is 0 Å². The molecule has 2 fully saturated rings. The normalized spacial score (nSPS) is 34.7. The molecule has 0 spiro atoms. The Kier molecular flexibility index (Phi) is 3.38. The van der Waals surface area contributed by atoms with E-state index in [0.29, 0.717) is 6.61 Å². The van der Waals surface area contributed by atoms with Gasteiger partial charge >= 0.3 is 0 Å². The van der Waals surface area contributed by atoms with E-state index in [9.17, 15) is 0 Å². The fraction of sp³-hybridized carbons (Fsp3) is 1.00. The van der Waals surface area contributed by atoms with Crippen LogP contribution in [0.2, 0.25) is 0 Å². The summed E-state index contributed by atoms with van der Waals surface area (Å²) in [6.07, 6.45) is 4.06. The van der Waals surface area contributed by atoms with Gasteiger partial charge in [0.05, 0.1) is 6.61 Å². The molecule has 2 heterocycles. The third kappa shape index (κ3) is 2.08. The first kappa shape index (κ1) is 10.4. The Morgan fingerprint density at radius 1 is 1.29 bits per heavy atom. The summed E-state index contributed by atoms with van der Waals surface area (Å²) in [6, 6.07) is 1.59. The molecule has 2 bridgehead atoms. The minimum absolute atomic E-state index is 0.654. The van der Waals surface area contributed by atoms with Crippen LogP contribution in [0.5, 0.6) is 0 Å². The second-order valence-corrected chi connectivity index (χ2v) is 4.51. The fourth-order valence-corrected chi connectivity index (χ4v) is 2.76. The highest BCUT2D eigenvalue weighted by Crippen LogP contribution is 2.28. The summed E-state index contributed by atoms with van der Waals surface area (Å²) in [5, 5.41) is 0. The van der Waals surface area contributed by atoms with E-state index in [0.717, 1.165) is 18.6 Å². The lowest BCUT2D eigenvalue weighted by Crippen LogP contribution is -2.38. The van der Waals surface area contributed by atoms with Gasteiger partial charge < -0.3 is 4.84 Å². The van der Waals surface area contributed by atoms with Crippen LogP contribution in [0.4, 0.5) is 0 Å². The summed E-state index contributed by atoms with van der Waals surface area (Å²) < 4.78 is 0. The third-order valence-electron chi connectivity index (χ3n) is 3.76. The molecule has 4 heteroatoms. The molecule has 14 heavy (non-hydrogen) atoms. The first-order valence-electron chi connectivity index (χ1n) is 5.57. The predicted octanol–water partition coefficient (Wildman–Crippen LogP) is 0.0452. The molecular weight excluding hydrogens is 178 g/mol. The zero-order valence-corrected chi connectivity index (χ0v) is 8.98. The van der Waals surface area contributed by atoms with Crippen molar-refractivity contribution in [1.82, 2.24) is 9.80 Å². The van der Waals surface area contributed by atoms with Crippen LogP contribution in [0.25, 0.3) is 0 Å². The van der Waals surface area contributed by atoms with Crippen LogP contribution >= 0.6 is 0 Å². The van der Waals surface area contributed by atoms with Crippen LogP contribution in [-0.4, -0.2) is 55.2 Å². The van der Waals surface area contributed by atoms with E-state index in [2.05, 4.69) is 21.7 Å². The number of hydrogen-bond acceptors (Lipinski definition) is 4. The number of hydrogen-bond donors (Lipinski definition) is 1. The topological polar surface area (TPSA) is 41.7 Å². The molecule has 2 saturated heterocycles. The van der Waals surface area contributed by atoms with Gasteiger partial charge in [-0.3, -0.25) is 9.80 Å². The molecule has 0 aromatic rings. The summed E-state index contributed by atoms with van der Waals surface area (Å²) in [4.78, 5) is 9.68. The molecule has 0 aliphatic carbocycles. The molecule has 2 atom stereocenters. The van der Waals surface area contributed by atoms with E-state index in [1.165, 1.54) is 32.4 Å². The zero-order chi connectivity index (χ0) is 9.97. The number of nitrogens with two attached hydrogens (primary N) is 1. The number of nitrogens with zero attached hydrogens (tertiary/aromatic N) is 2.